The first-order chi connectivity index (χ1) is 11.8. The largest absolute Gasteiger partial charge is 0.348 e. The summed E-state index contributed by atoms with van der Waals surface area (Å²) in [5.41, 5.74) is 1.04. The smallest absolute Gasteiger partial charge is 0.255 e. The van der Waals surface area contributed by atoms with E-state index in [2.05, 4.69) is 28.7 Å². The van der Waals surface area contributed by atoms with Crippen molar-refractivity contribution < 1.29 is 4.79 Å². The molecule has 1 fully saturated rings. The molecule has 2 aliphatic heterocycles. The summed E-state index contributed by atoms with van der Waals surface area (Å²) in [5.74, 6) is 0.740. The molecule has 0 saturated carbocycles. The molecule has 0 radical (unpaired) electrons. The Morgan fingerprint density at radius 1 is 1.36 bits per heavy atom. The molecule has 7 heteroatoms. The van der Waals surface area contributed by atoms with Gasteiger partial charge >= 0.3 is 0 Å². The van der Waals surface area contributed by atoms with Crippen LogP contribution in [0.4, 0.5) is 5.95 Å². The number of rotatable bonds is 3. The number of likely N-dealkylation sites (tertiary alicyclic amines) is 1. The maximum absolute atomic E-state index is 13.2. The molecule has 2 aliphatic rings. The minimum atomic E-state index is -0.336. The first-order valence-electron chi connectivity index (χ1n) is 9.15. The van der Waals surface area contributed by atoms with Crippen LogP contribution in [0.15, 0.2) is 4.79 Å². The number of nitrogens with one attached hydrogen (secondary N) is 1. The van der Waals surface area contributed by atoms with Crippen LogP contribution in [0.25, 0.3) is 0 Å². The molecule has 3 heterocycles. The van der Waals surface area contributed by atoms with E-state index in [1.165, 1.54) is 0 Å². The number of carbonyl (C=O) groups is 1. The Bertz CT molecular complexity index is 714. The zero-order valence-electron chi connectivity index (χ0n) is 15.8. The molecule has 1 N–H and O–H groups in total. The van der Waals surface area contributed by atoms with E-state index in [1.54, 1.807) is 4.90 Å². The molecule has 0 aliphatic carbocycles. The number of H-pyrrole nitrogens is 1. The van der Waals surface area contributed by atoms with Crippen molar-refractivity contribution in [2.24, 2.45) is 5.41 Å². The van der Waals surface area contributed by atoms with Gasteiger partial charge < -0.3 is 14.7 Å². The summed E-state index contributed by atoms with van der Waals surface area (Å²) >= 11 is 0. The molecule has 25 heavy (non-hydrogen) atoms. The van der Waals surface area contributed by atoms with Crippen LogP contribution in [0.2, 0.25) is 0 Å². The Morgan fingerprint density at radius 3 is 2.80 bits per heavy atom. The quantitative estimate of drug-likeness (QED) is 0.877. The highest BCUT2D eigenvalue weighted by Crippen LogP contribution is 2.33. The van der Waals surface area contributed by atoms with Crippen LogP contribution in [0, 0.1) is 5.41 Å². The second-order valence-corrected chi connectivity index (χ2v) is 7.72. The van der Waals surface area contributed by atoms with Crippen LogP contribution in [0.1, 0.15) is 37.9 Å². The van der Waals surface area contributed by atoms with Gasteiger partial charge in [-0.2, -0.15) is 0 Å². The summed E-state index contributed by atoms with van der Waals surface area (Å²) in [6, 6.07) is 0. The van der Waals surface area contributed by atoms with Crippen molar-refractivity contribution in [2.45, 2.75) is 39.7 Å². The molecule has 0 spiro atoms. The lowest BCUT2D eigenvalue weighted by Crippen LogP contribution is -2.52. The average molecular weight is 347 g/mol. The zero-order valence-corrected chi connectivity index (χ0v) is 15.8. The van der Waals surface area contributed by atoms with Crippen LogP contribution < -0.4 is 10.5 Å². The van der Waals surface area contributed by atoms with Gasteiger partial charge in [-0.25, -0.2) is 4.98 Å². The van der Waals surface area contributed by atoms with Gasteiger partial charge in [0.05, 0.1) is 17.7 Å². The van der Waals surface area contributed by atoms with Crippen molar-refractivity contribution in [3.8, 4) is 0 Å². The van der Waals surface area contributed by atoms with Crippen LogP contribution >= 0.6 is 0 Å². The lowest BCUT2D eigenvalue weighted by molar-refractivity contribution is -0.145. The van der Waals surface area contributed by atoms with Gasteiger partial charge in [-0.3, -0.25) is 14.6 Å². The molecule has 0 aromatic carbocycles. The van der Waals surface area contributed by atoms with Crippen LogP contribution in [0.3, 0.4) is 0 Å². The molecule has 138 valence electrons. The van der Waals surface area contributed by atoms with Gasteiger partial charge in [0.15, 0.2) is 0 Å². The number of amides is 1. The standard InChI is InChI=1S/C18H29N5O2/c1-5-22-9-6-8-18(2,12-22)16(25)23-10-7-13-14(11-23)19-17(21(3)4)20-15(13)24/h5-12H2,1-4H3,(H,19,20,24)/t18-/m1/s1. The molecule has 1 saturated heterocycles. The van der Waals surface area contributed by atoms with E-state index in [1.807, 2.05) is 19.0 Å². The topological polar surface area (TPSA) is 72.5 Å². The first-order valence-corrected chi connectivity index (χ1v) is 9.15. The van der Waals surface area contributed by atoms with Crippen LogP contribution in [-0.4, -0.2) is 65.9 Å². The Kier molecular flexibility index (Phi) is 4.86. The van der Waals surface area contributed by atoms with Gasteiger partial charge in [0.1, 0.15) is 0 Å². The normalized spacial score (nSPS) is 24.1. The molecule has 1 aromatic heterocycles. The molecule has 1 aromatic rings. The number of aromatic nitrogens is 2. The van der Waals surface area contributed by atoms with Crippen molar-refractivity contribution >= 4 is 11.9 Å². The number of aromatic amines is 1. The molecule has 1 atom stereocenters. The average Bonchev–Trinajstić information content (AvgIpc) is 2.60. The molecule has 3 rings (SSSR count). The Hall–Kier alpha value is -1.89. The van der Waals surface area contributed by atoms with Gasteiger partial charge in [0.25, 0.3) is 5.56 Å². The summed E-state index contributed by atoms with van der Waals surface area (Å²) in [5, 5.41) is 0. The number of piperidine rings is 1. The predicted octanol–water partition coefficient (Wildman–Crippen LogP) is 0.843. The predicted molar refractivity (Wildman–Crippen MR) is 97.8 cm³/mol. The van der Waals surface area contributed by atoms with Gasteiger partial charge in [-0.15, -0.1) is 0 Å². The number of hydrogen-bond acceptors (Lipinski definition) is 5. The van der Waals surface area contributed by atoms with Crippen molar-refractivity contribution in [2.75, 3.05) is 45.2 Å². The minimum absolute atomic E-state index is 0.0816. The van der Waals surface area contributed by atoms with Crippen LogP contribution in [-0.2, 0) is 17.8 Å². The molecular formula is C18H29N5O2. The van der Waals surface area contributed by atoms with Gasteiger partial charge in [-0.1, -0.05) is 6.92 Å². The Balaban J connectivity index is 1.82. The van der Waals surface area contributed by atoms with E-state index in [9.17, 15) is 9.59 Å². The summed E-state index contributed by atoms with van der Waals surface area (Å²) in [6.07, 6.45) is 2.56. The summed E-state index contributed by atoms with van der Waals surface area (Å²) in [6.45, 7) is 8.13. The minimum Gasteiger partial charge on any atom is -0.348 e. The van der Waals surface area contributed by atoms with Crippen molar-refractivity contribution in [3.05, 3.63) is 21.6 Å². The second-order valence-electron chi connectivity index (χ2n) is 7.72. The molecule has 0 bridgehead atoms. The summed E-state index contributed by atoms with van der Waals surface area (Å²) in [4.78, 5) is 38.9. The highest BCUT2D eigenvalue weighted by Gasteiger charge is 2.41. The molecule has 1 amide bonds. The maximum Gasteiger partial charge on any atom is 0.255 e. The van der Waals surface area contributed by atoms with Crippen molar-refractivity contribution in [3.63, 3.8) is 0 Å². The van der Waals surface area contributed by atoms with E-state index in [0.717, 1.165) is 43.7 Å². The number of carbonyl (C=O) groups excluding carboxylic acids is 1. The molecule has 7 nitrogen and oxygen atoms in total. The number of anilines is 1. The third-order valence-corrected chi connectivity index (χ3v) is 5.51. The third-order valence-electron chi connectivity index (χ3n) is 5.51. The molecule has 0 unspecified atom stereocenters. The summed E-state index contributed by atoms with van der Waals surface area (Å²) in [7, 11) is 3.69. The van der Waals surface area contributed by atoms with E-state index >= 15 is 0 Å². The Morgan fingerprint density at radius 2 is 2.12 bits per heavy atom. The van der Waals surface area contributed by atoms with Gasteiger partial charge in [0, 0.05) is 32.7 Å². The maximum atomic E-state index is 13.2. The number of hydrogen-bond donors (Lipinski definition) is 1. The van der Waals surface area contributed by atoms with Crippen molar-refractivity contribution in [1.82, 2.24) is 19.8 Å². The molecular weight excluding hydrogens is 318 g/mol. The second kappa shape index (κ2) is 6.78. The van der Waals surface area contributed by atoms with E-state index in [0.29, 0.717) is 25.5 Å². The number of fused-ring (bicyclic) bond motifs is 1. The van der Waals surface area contributed by atoms with Gasteiger partial charge in [0.2, 0.25) is 11.9 Å². The fraction of sp³-hybridized carbons (Fsp3) is 0.722. The van der Waals surface area contributed by atoms with Gasteiger partial charge in [-0.05, 0) is 39.3 Å². The third kappa shape index (κ3) is 3.42. The van der Waals surface area contributed by atoms with Crippen LogP contribution in [0.5, 0.6) is 0 Å². The highest BCUT2D eigenvalue weighted by atomic mass is 16.2. The first kappa shape index (κ1) is 17.9. The fourth-order valence-electron chi connectivity index (χ4n) is 3.98. The van der Waals surface area contributed by atoms with E-state index < -0.39 is 0 Å². The van der Waals surface area contributed by atoms with E-state index in [4.69, 9.17) is 0 Å². The van der Waals surface area contributed by atoms with E-state index in [-0.39, 0.29) is 16.9 Å². The highest BCUT2D eigenvalue weighted by molar-refractivity contribution is 5.83. The van der Waals surface area contributed by atoms with Crippen molar-refractivity contribution in [1.29, 1.82) is 0 Å². The SMILES string of the molecule is CCN1CCC[C@@](C)(C(=O)N2CCc3c(nc(N(C)C)[nH]c3=O)C2)C1. The fourth-order valence-corrected chi connectivity index (χ4v) is 3.98. The lowest BCUT2D eigenvalue weighted by Gasteiger charge is -2.42. The summed E-state index contributed by atoms with van der Waals surface area (Å²) < 4.78 is 0. The monoisotopic (exact) mass is 347 g/mol. The zero-order chi connectivity index (χ0) is 18.2. The number of nitrogens with zero attached hydrogens (tertiary/aromatic N) is 4. The Labute approximate surface area is 149 Å². The lowest BCUT2D eigenvalue weighted by atomic mass is 9.80.